The van der Waals surface area contributed by atoms with Crippen molar-refractivity contribution >= 4 is 46.4 Å². The zero-order valence-electron chi connectivity index (χ0n) is 19.6. The number of H-pyrrole nitrogens is 2. The lowest BCUT2D eigenvalue weighted by atomic mass is 10.0. The molecule has 8 nitrogen and oxygen atoms in total. The molecule has 8 heteroatoms. The lowest BCUT2D eigenvalue weighted by Gasteiger charge is -2.01. The maximum Gasteiger partial charge on any atom is 0.104 e. The van der Waals surface area contributed by atoms with E-state index in [1.54, 1.807) is 54.6 Å². The molecule has 5 heterocycles. The molecule has 0 atom stereocenters. The van der Waals surface area contributed by atoms with Crippen molar-refractivity contribution in [2.45, 2.75) is 0 Å². The first-order valence-electron chi connectivity index (χ1n) is 11.5. The van der Waals surface area contributed by atoms with E-state index in [9.17, 15) is 21.0 Å². The molecule has 0 fully saturated rings. The van der Waals surface area contributed by atoms with Crippen LogP contribution in [0.25, 0.3) is 57.5 Å². The number of aromatic nitrogens is 4. The molecule has 2 aliphatic heterocycles. The van der Waals surface area contributed by atoms with Gasteiger partial charge in [-0.15, -0.1) is 0 Å². The first-order valence-corrected chi connectivity index (χ1v) is 11.5. The molecule has 0 amide bonds. The number of nitrogens with zero attached hydrogens (tertiary/aromatic N) is 6. The highest BCUT2D eigenvalue weighted by atomic mass is 14.8. The number of rotatable bonds is 1. The Bertz CT molecular complexity index is 2080. The number of nitriles is 4. The van der Waals surface area contributed by atoms with Crippen molar-refractivity contribution < 1.29 is 0 Å². The summed E-state index contributed by atoms with van der Waals surface area (Å²) in [6.07, 6.45) is 6.95. The van der Waals surface area contributed by atoms with Crippen molar-refractivity contribution in [2.24, 2.45) is 0 Å². The summed E-state index contributed by atoms with van der Waals surface area (Å²) in [5, 5.41) is 39.5. The van der Waals surface area contributed by atoms with Gasteiger partial charge in [0.2, 0.25) is 0 Å². The Morgan fingerprint density at radius 2 is 1.26 bits per heavy atom. The van der Waals surface area contributed by atoms with Crippen molar-refractivity contribution in [2.75, 3.05) is 0 Å². The van der Waals surface area contributed by atoms with Crippen molar-refractivity contribution in [1.29, 1.82) is 21.0 Å². The third-order valence-electron chi connectivity index (χ3n) is 6.32. The van der Waals surface area contributed by atoms with Crippen molar-refractivity contribution in [3.63, 3.8) is 0 Å². The van der Waals surface area contributed by atoms with Crippen LogP contribution in [0.4, 0.5) is 0 Å². The SMILES string of the molecule is N#Cc1cccc(-c2cc3cc4nc(c(C#N)c5ccc([nH]5)c(C#N)c5nc(c(C#N)c2[nH]3)C=C5)C=C4)c1. The largest absolute Gasteiger partial charge is 0.354 e. The maximum absolute atomic E-state index is 10.2. The van der Waals surface area contributed by atoms with Crippen LogP contribution >= 0.6 is 0 Å². The summed E-state index contributed by atoms with van der Waals surface area (Å²) in [7, 11) is 0. The lowest BCUT2D eigenvalue weighted by Crippen LogP contribution is -1.88. The summed E-state index contributed by atoms with van der Waals surface area (Å²) in [5.74, 6) is 0. The Balaban J connectivity index is 1.81. The van der Waals surface area contributed by atoms with Gasteiger partial charge in [0, 0.05) is 11.1 Å². The molecule has 0 unspecified atom stereocenters. The van der Waals surface area contributed by atoms with Crippen LogP contribution in [-0.4, -0.2) is 19.9 Å². The predicted octanol–water partition coefficient (Wildman–Crippen LogP) is 5.81. The smallest absolute Gasteiger partial charge is 0.104 e. The highest BCUT2D eigenvalue weighted by Crippen LogP contribution is 2.31. The van der Waals surface area contributed by atoms with Gasteiger partial charge in [-0.3, -0.25) is 0 Å². The Kier molecular flexibility index (Phi) is 5.14. The van der Waals surface area contributed by atoms with E-state index in [4.69, 9.17) is 0 Å². The van der Waals surface area contributed by atoms with Gasteiger partial charge in [-0.1, -0.05) is 12.1 Å². The molecule has 6 rings (SSSR count). The summed E-state index contributed by atoms with van der Waals surface area (Å²) in [6, 6.07) is 23.1. The third kappa shape index (κ3) is 3.60. The summed E-state index contributed by atoms with van der Waals surface area (Å²) < 4.78 is 0. The maximum atomic E-state index is 10.2. The molecule has 0 saturated carbocycles. The number of benzene rings is 1. The van der Waals surface area contributed by atoms with Crippen LogP contribution in [0.1, 0.15) is 45.0 Å². The molecule has 8 bridgehead atoms. The van der Waals surface area contributed by atoms with Gasteiger partial charge in [0.15, 0.2) is 0 Å². The van der Waals surface area contributed by atoms with Crippen LogP contribution in [0.5, 0.6) is 0 Å². The van der Waals surface area contributed by atoms with Gasteiger partial charge in [0.25, 0.3) is 0 Å². The van der Waals surface area contributed by atoms with Crippen LogP contribution < -0.4 is 0 Å². The van der Waals surface area contributed by atoms with Crippen LogP contribution in [0.3, 0.4) is 0 Å². The summed E-state index contributed by atoms with van der Waals surface area (Å²) in [4.78, 5) is 15.7. The second-order valence-electron chi connectivity index (χ2n) is 8.57. The van der Waals surface area contributed by atoms with Crippen LogP contribution in [-0.2, 0) is 0 Å². The van der Waals surface area contributed by atoms with E-state index < -0.39 is 0 Å². The first-order chi connectivity index (χ1) is 18.6. The third-order valence-corrected chi connectivity index (χ3v) is 6.32. The van der Waals surface area contributed by atoms with Crippen molar-refractivity contribution in [3.8, 4) is 35.4 Å². The molecule has 1 aromatic carbocycles. The zero-order chi connectivity index (χ0) is 26.2. The van der Waals surface area contributed by atoms with Gasteiger partial charge in [-0.25, -0.2) is 9.97 Å². The molecule has 4 aromatic rings. The predicted molar refractivity (Wildman–Crippen MR) is 143 cm³/mol. The van der Waals surface area contributed by atoms with E-state index in [-0.39, 0.29) is 5.56 Å². The van der Waals surface area contributed by atoms with Gasteiger partial charge in [0.1, 0.15) is 34.9 Å². The normalized spacial score (nSPS) is 11.4. The number of fused-ring (bicyclic) bond motifs is 8. The summed E-state index contributed by atoms with van der Waals surface area (Å²) in [5.41, 5.74) is 7.03. The minimum atomic E-state index is 0.280. The summed E-state index contributed by atoms with van der Waals surface area (Å²) in [6.45, 7) is 0. The van der Waals surface area contributed by atoms with Gasteiger partial charge in [0.05, 0.1) is 51.0 Å². The van der Waals surface area contributed by atoms with Gasteiger partial charge in [-0.2, -0.15) is 21.0 Å². The highest BCUT2D eigenvalue weighted by molar-refractivity contribution is 5.93. The van der Waals surface area contributed by atoms with Gasteiger partial charge >= 0.3 is 0 Å². The first kappa shape index (κ1) is 22.3. The molecule has 0 aliphatic carbocycles. The second kappa shape index (κ2) is 8.77. The Morgan fingerprint density at radius 1 is 0.605 bits per heavy atom. The Hall–Kier alpha value is -6.22. The molecule has 0 spiro atoms. The van der Waals surface area contributed by atoms with Crippen LogP contribution in [0.2, 0.25) is 0 Å². The zero-order valence-corrected chi connectivity index (χ0v) is 19.6. The molecule has 38 heavy (non-hydrogen) atoms. The van der Waals surface area contributed by atoms with Gasteiger partial charge < -0.3 is 9.97 Å². The van der Waals surface area contributed by atoms with E-state index in [1.165, 1.54) is 0 Å². The standard InChI is InChI=1S/C30H14N8/c31-13-17-2-1-3-18(10-17)21-12-20-11-19-4-5-25(35-19)22(14-32)26-6-7-27(37-26)23(15-33)28-8-9-29(38-28)24(16-34)30(21)36-20/h1-12,36-37H. The average Bonchev–Trinajstić information content (AvgIpc) is 3.75. The average molecular weight is 486 g/mol. The van der Waals surface area contributed by atoms with Crippen molar-refractivity contribution in [1.82, 2.24) is 19.9 Å². The van der Waals surface area contributed by atoms with Crippen molar-refractivity contribution in [3.05, 3.63) is 93.6 Å². The van der Waals surface area contributed by atoms with E-state index >= 15 is 0 Å². The number of hydrogen-bond acceptors (Lipinski definition) is 6. The van der Waals surface area contributed by atoms with E-state index in [0.29, 0.717) is 67.1 Å². The quantitative estimate of drug-likeness (QED) is 0.299. The highest BCUT2D eigenvalue weighted by Gasteiger charge is 2.16. The van der Waals surface area contributed by atoms with E-state index in [0.717, 1.165) is 5.56 Å². The molecule has 174 valence electrons. The van der Waals surface area contributed by atoms with E-state index in [2.05, 4.69) is 44.2 Å². The summed E-state index contributed by atoms with van der Waals surface area (Å²) >= 11 is 0. The number of hydrogen-bond donors (Lipinski definition) is 2. The van der Waals surface area contributed by atoms with Crippen LogP contribution in [0, 0.1) is 45.3 Å². The molecular weight excluding hydrogens is 472 g/mol. The fraction of sp³-hybridized carbons (Fsp3) is 0. The Labute approximate surface area is 216 Å². The number of aromatic amines is 2. The molecular formula is C30H14N8. The molecule has 2 aliphatic rings. The fourth-order valence-corrected chi connectivity index (χ4v) is 4.57. The van der Waals surface area contributed by atoms with E-state index in [1.807, 2.05) is 18.2 Å². The second-order valence-corrected chi connectivity index (χ2v) is 8.57. The molecule has 0 saturated heterocycles. The Morgan fingerprint density at radius 3 is 1.95 bits per heavy atom. The minimum Gasteiger partial charge on any atom is -0.354 e. The van der Waals surface area contributed by atoms with Crippen LogP contribution in [0.15, 0.2) is 48.5 Å². The molecule has 0 radical (unpaired) electrons. The number of nitrogens with one attached hydrogen (secondary N) is 2. The fourth-order valence-electron chi connectivity index (χ4n) is 4.57. The van der Waals surface area contributed by atoms with Gasteiger partial charge in [-0.05, 0) is 66.3 Å². The monoisotopic (exact) mass is 486 g/mol. The lowest BCUT2D eigenvalue weighted by molar-refractivity contribution is 1.28. The molecule has 3 aromatic heterocycles. The topological polar surface area (TPSA) is 153 Å². The molecule has 2 N–H and O–H groups in total. The minimum absolute atomic E-state index is 0.280.